The molecule has 1 N–H and O–H groups in total. The monoisotopic (exact) mass is 281 g/mol. The Morgan fingerprint density at radius 2 is 2.21 bits per heavy atom. The van der Waals surface area contributed by atoms with Crippen molar-refractivity contribution in [3.8, 4) is 0 Å². The molecule has 1 atom stereocenters. The van der Waals surface area contributed by atoms with Crippen LogP contribution in [0.25, 0.3) is 0 Å². The van der Waals surface area contributed by atoms with Gasteiger partial charge in [-0.15, -0.1) is 11.3 Å². The van der Waals surface area contributed by atoms with E-state index in [1.165, 1.54) is 4.90 Å². The van der Waals surface area contributed by atoms with Crippen LogP contribution < -0.4 is 0 Å². The number of carbonyl (C=O) groups is 2. The molecule has 0 saturated heterocycles. The second kappa shape index (κ2) is 4.96. The van der Waals surface area contributed by atoms with E-state index >= 15 is 0 Å². The van der Waals surface area contributed by atoms with E-state index in [1.54, 1.807) is 11.3 Å². The van der Waals surface area contributed by atoms with E-state index in [2.05, 4.69) is 0 Å². The van der Waals surface area contributed by atoms with Gasteiger partial charge in [0.25, 0.3) is 0 Å². The van der Waals surface area contributed by atoms with Crippen LogP contribution in [0.15, 0.2) is 11.4 Å². The Bertz CT molecular complexity index is 507. The summed E-state index contributed by atoms with van der Waals surface area (Å²) in [5.74, 6) is -1.01. The smallest absolute Gasteiger partial charge is 0.331 e. The molecule has 1 unspecified atom stereocenters. The molecule has 1 aliphatic heterocycles. The molecule has 0 aromatic carbocycles. The number of aliphatic carboxylic acids is 1. The van der Waals surface area contributed by atoms with Crippen LogP contribution in [0.1, 0.15) is 43.7 Å². The summed E-state index contributed by atoms with van der Waals surface area (Å²) in [5.41, 5.74) is 0.269. The lowest BCUT2D eigenvalue weighted by Gasteiger charge is -2.38. The molecular formula is C14H19NO3S. The first-order valence-corrected chi connectivity index (χ1v) is 7.36. The van der Waals surface area contributed by atoms with E-state index in [0.29, 0.717) is 13.0 Å². The molecule has 0 radical (unpaired) electrons. The zero-order valence-electron chi connectivity index (χ0n) is 11.5. The number of fused-ring (bicyclic) bond motifs is 1. The van der Waals surface area contributed by atoms with Gasteiger partial charge in [-0.2, -0.15) is 0 Å². The third kappa shape index (κ3) is 2.39. The summed E-state index contributed by atoms with van der Waals surface area (Å²) in [6.45, 7) is 6.19. The number of nitrogens with zero attached hydrogens (tertiary/aromatic N) is 1. The highest BCUT2D eigenvalue weighted by Crippen LogP contribution is 2.36. The summed E-state index contributed by atoms with van der Waals surface area (Å²) in [5, 5.41) is 11.4. The van der Waals surface area contributed by atoms with Crippen molar-refractivity contribution in [2.75, 3.05) is 6.54 Å². The maximum atomic E-state index is 12.6. The van der Waals surface area contributed by atoms with Gasteiger partial charge in [0.05, 0.1) is 0 Å². The first-order valence-electron chi connectivity index (χ1n) is 6.48. The first kappa shape index (κ1) is 14.1. The van der Waals surface area contributed by atoms with Crippen molar-refractivity contribution in [1.82, 2.24) is 4.90 Å². The molecule has 0 saturated carbocycles. The van der Waals surface area contributed by atoms with Crippen LogP contribution in [-0.2, 0) is 16.0 Å². The van der Waals surface area contributed by atoms with E-state index in [4.69, 9.17) is 0 Å². The number of carboxylic acid groups (broad SMARTS) is 1. The van der Waals surface area contributed by atoms with Crippen molar-refractivity contribution >= 4 is 23.2 Å². The van der Waals surface area contributed by atoms with Crippen molar-refractivity contribution in [3.05, 3.63) is 21.9 Å². The van der Waals surface area contributed by atoms with E-state index in [1.807, 2.05) is 32.2 Å². The number of rotatable bonds is 3. The zero-order valence-corrected chi connectivity index (χ0v) is 12.3. The third-order valence-corrected chi connectivity index (χ3v) is 4.92. The van der Waals surface area contributed by atoms with E-state index in [0.717, 1.165) is 16.9 Å². The Labute approximate surface area is 117 Å². The minimum atomic E-state index is -0.945. The Morgan fingerprint density at radius 1 is 1.53 bits per heavy atom. The summed E-state index contributed by atoms with van der Waals surface area (Å²) in [7, 11) is 0. The molecular weight excluding hydrogens is 262 g/mol. The fraction of sp³-hybridized carbons (Fsp3) is 0.571. The molecule has 1 amide bonds. The SMILES string of the molecule is CCC(C)(C)C(=O)N1CCc2sccc2C1C(=O)O. The lowest BCUT2D eigenvalue weighted by atomic mass is 9.86. The normalized spacial score (nSPS) is 19.1. The Morgan fingerprint density at radius 3 is 2.79 bits per heavy atom. The van der Waals surface area contributed by atoms with Crippen molar-refractivity contribution in [2.45, 2.75) is 39.7 Å². The standard InChI is InChI=1S/C14H19NO3S/c1-4-14(2,3)13(18)15-7-5-10-9(6-8-19-10)11(15)12(16)17/h6,8,11H,4-5,7H2,1-3H3,(H,16,17). The van der Waals surface area contributed by atoms with Crippen molar-refractivity contribution in [2.24, 2.45) is 5.41 Å². The molecule has 1 aromatic rings. The molecule has 0 spiro atoms. The molecule has 1 aliphatic rings. The number of hydrogen-bond donors (Lipinski definition) is 1. The van der Waals surface area contributed by atoms with Crippen LogP contribution in [0, 0.1) is 5.41 Å². The minimum absolute atomic E-state index is 0.0701. The van der Waals surface area contributed by atoms with Gasteiger partial charge in [-0.25, -0.2) is 4.79 Å². The quantitative estimate of drug-likeness (QED) is 0.926. The largest absolute Gasteiger partial charge is 0.479 e. The summed E-state index contributed by atoms with van der Waals surface area (Å²) >= 11 is 1.57. The van der Waals surface area contributed by atoms with Gasteiger partial charge in [-0.3, -0.25) is 4.79 Å². The second-order valence-electron chi connectivity index (χ2n) is 5.53. The predicted octanol–water partition coefficient (Wildman–Crippen LogP) is 2.69. The lowest BCUT2D eigenvalue weighted by Crippen LogP contribution is -2.48. The minimum Gasteiger partial charge on any atom is -0.479 e. The molecule has 4 nitrogen and oxygen atoms in total. The van der Waals surface area contributed by atoms with Crippen LogP contribution in [0.3, 0.4) is 0 Å². The number of carboxylic acids is 1. The van der Waals surface area contributed by atoms with Crippen molar-refractivity contribution < 1.29 is 14.7 Å². The Balaban J connectivity index is 2.37. The molecule has 2 heterocycles. The summed E-state index contributed by atoms with van der Waals surface area (Å²) in [4.78, 5) is 26.7. The maximum absolute atomic E-state index is 12.6. The highest BCUT2D eigenvalue weighted by Gasteiger charge is 2.41. The zero-order chi connectivity index (χ0) is 14.2. The predicted molar refractivity (Wildman–Crippen MR) is 74.2 cm³/mol. The van der Waals surface area contributed by atoms with Gasteiger partial charge in [0, 0.05) is 16.8 Å². The first-order chi connectivity index (χ1) is 8.88. The highest BCUT2D eigenvalue weighted by molar-refractivity contribution is 7.10. The third-order valence-electron chi connectivity index (χ3n) is 3.92. The average Bonchev–Trinajstić information content (AvgIpc) is 2.84. The molecule has 0 aliphatic carbocycles. The maximum Gasteiger partial charge on any atom is 0.331 e. The highest BCUT2D eigenvalue weighted by atomic mass is 32.1. The van der Waals surface area contributed by atoms with Crippen LogP contribution in [-0.4, -0.2) is 28.4 Å². The molecule has 0 fully saturated rings. The van der Waals surface area contributed by atoms with Crippen LogP contribution in [0.2, 0.25) is 0 Å². The summed E-state index contributed by atoms with van der Waals surface area (Å²) in [6.07, 6.45) is 1.45. The van der Waals surface area contributed by atoms with Gasteiger partial charge < -0.3 is 10.0 Å². The van der Waals surface area contributed by atoms with Gasteiger partial charge in [0.1, 0.15) is 0 Å². The van der Waals surface area contributed by atoms with Gasteiger partial charge in [0.15, 0.2) is 6.04 Å². The molecule has 0 bridgehead atoms. The molecule has 2 rings (SSSR count). The summed E-state index contributed by atoms with van der Waals surface area (Å²) < 4.78 is 0. The van der Waals surface area contributed by atoms with E-state index in [-0.39, 0.29) is 5.91 Å². The molecule has 5 heteroatoms. The fourth-order valence-electron chi connectivity index (χ4n) is 2.34. The van der Waals surface area contributed by atoms with Crippen LogP contribution in [0.5, 0.6) is 0 Å². The topological polar surface area (TPSA) is 57.6 Å². The number of amides is 1. The van der Waals surface area contributed by atoms with Gasteiger partial charge in [0.2, 0.25) is 5.91 Å². The van der Waals surface area contributed by atoms with Gasteiger partial charge >= 0.3 is 5.97 Å². The van der Waals surface area contributed by atoms with Gasteiger partial charge in [-0.05, 0) is 29.9 Å². The second-order valence-corrected chi connectivity index (χ2v) is 6.53. The number of carbonyl (C=O) groups excluding carboxylic acids is 1. The Hall–Kier alpha value is -1.36. The Kier molecular flexibility index (Phi) is 3.67. The number of thiophene rings is 1. The van der Waals surface area contributed by atoms with Crippen LogP contribution in [0.4, 0.5) is 0 Å². The summed E-state index contributed by atoms with van der Waals surface area (Å²) in [6, 6.07) is 1.00. The van der Waals surface area contributed by atoms with Crippen LogP contribution >= 0.6 is 11.3 Å². The van der Waals surface area contributed by atoms with Crippen molar-refractivity contribution in [3.63, 3.8) is 0 Å². The fourth-order valence-corrected chi connectivity index (χ4v) is 3.25. The molecule has 104 valence electrons. The molecule has 1 aromatic heterocycles. The average molecular weight is 281 g/mol. The van der Waals surface area contributed by atoms with Crippen molar-refractivity contribution in [1.29, 1.82) is 0 Å². The van der Waals surface area contributed by atoms with Gasteiger partial charge in [-0.1, -0.05) is 20.8 Å². The van der Waals surface area contributed by atoms with E-state index < -0.39 is 17.4 Å². The molecule has 19 heavy (non-hydrogen) atoms. The lowest BCUT2D eigenvalue weighted by molar-refractivity contribution is -0.155. The number of hydrogen-bond acceptors (Lipinski definition) is 3. The van der Waals surface area contributed by atoms with E-state index in [9.17, 15) is 14.7 Å².